The van der Waals surface area contributed by atoms with Gasteiger partial charge in [-0.2, -0.15) is 0 Å². The summed E-state index contributed by atoms with van der Waals surface area (Å²) in [5, 5.41) is 0. The number of amides is 2. The predicted octanol–water partition coefficient (Wildman–Crippen LogP) is 0.892. The Kier molecular flexibility index (Phi) is 4.98. The molecule has 1 saturated heterocycles. The van der Waals surface area contributed by atoms with Gasteiger partial charge in [0.1, 0.15) is 0 Å². The van der Waals surface area contributed by atoms with E-state index in [0.29, 0.717) is 32.6 Å². The average Bonchev–Trinajstić information content (AvgIpc) is 2.49. The number of rotatable bonds is 5. The Hall–Kier alpha value is -2.04. The second kappa shape index (κ2) is 6.93. The Morgan fingerprint density at radius 3 is 2.40 bits per heavy atom. The molecule has 1 aromatic rings. The summed E-state index contributed by atoms with van der Waals surface area (Å²) in [6.45, 7) is 2.60. The number of hydrogen-bond donors (Lipinski definition) is 1. The highest BCUT2D eigenvalue weighted by atomic mass is 16.2. The molecule has 1 aliphatic heterocycles. The van der Waals surface area contributed by atoms with Crippen LogP contribution >= 0.6 is 0 Å². The summed E-state index contributed by atoms with van der Waals surface area (Å²) in [5.41, 5.74) is 7.60. The van der Waals surface area contributed by atoms with E-state index in [9.17, 15) is 9.59 Å². The fourth-order valence-electron chi connectivity index (χ4n) is 2.36. The van der Waals surface area contributed by atoms with Crippen molar-refractivity contribution in [2.24, 2.45) is 0 Å². The molecule has 0 saturated carbocycles. The fraction of sp³-hybridized carbons (Fsp3) is 0.467. The molecule has 1 heterocycles. The lowest BCUT2D eigenvalue weighted by Crippen LogP contribution is -2.48. The van der Waals surface area contributed by atoms with Gasteiger partial charge in [0.25, 0.3) is 0 Å². The molecule has 1 aromatic carbocycles. The number of carbonyl (C=O) groups is 2. The van der Waals surface area contributed by atoms with Crippen LogP contribution in [0.25, 0.3) is 0 Å². The van der Waals surface area contributed by atoms with Crippen LogP contribution in [-0.2, 0) is 16.0 Å². The molecule has 0 bridgehead atoms. The Morgan fingerprint density at radius 2 is 1.80 bits per heavy atom. The summed E-state index contributed by atoms with van der Waals surface area (Å²) < 4.78 is 0. The second-order valence-electron chi connectivity index (χ2n) is 5.12. The largest absolute Gasteiger partial charge is 0.399 e. The van der Waals surface area contributed by atoms with Gasteiger partial charge in [0.2, 0.25) is 12.3 Å². The molecule has 0 aromatic heterocycles. The lowest BCUT2D eigenvalue weighted by atomic mass is 10.1. The van der Waals surface area contributed by atoms with Crippen molar-refractivity contribution in [1.82, 2.24) is 9.80 Å². The number of aryl methyl sites for hydroxylation is 1. The van der Waals surface area contributed by atoms with Crippen molar-refractivity contribution in [2.45, 2.75) is 19.3 Å². The quantitative estimate of drug-likeness (QED) is 0.641. The van der Waals surface area contributed by atoms with Crippen molar-refractivity contribution in [3.8, 4) is 0 Å². The van der Waals surface area contributed by atoms with E-state index in [2.05, 4.69) is 0 Å². The van der Waals surface area contributed by atoms with Gasteiger partial charge in [0, 0.05) is 38.3 Å². The molecule has 108 valence electrons. The summed E-state index contributed by atoms with van der Waals surface area (Å²) in [4.78, 5) is 26.2. The number of hydrogen-bond acceptors (Lipinski definition) is 3. The number of benzene rings is 1. The van der Waals surface area contributed by atoms with Crippen LogP contribution in [0.2, 0.25) is 0 Å². The first-order valence-electron chi connectivity index (χ1n) is 7.00. The fourth-order valence-corrected chi connectivity index (χ4v) is 2.36. The van der Waals surface area contributed by atoms with E-state index in [0.717, 1.165) is 24.9 Å². The molecule has 1 aliphatic rings. The number of anilines is 1. The Balaban J connectivity index is 1.70. The summed E-state index contributed by atoms with van der Waals surface area (Å²) in [7, 11) is 0. The van der Waals surface area contributed by atoms with E-state index < -0.39 is 0 Å². The van der Waals surface area contributed by atoms with Crippen LogP contribution in [0.15, 0.2) is 24.3 Å². The molecular formula is C15H21N3O2. The first kappa shape index (κ1) is 14.4. The van der Waals surface area contributed by atoms with Gasteiger partial charge in [0.15, 0.2) is 0 Å². The Bertz CT molecular complexity index is 451. The monoisotopic (exact) mass is 275 g/mol. The molecule has 2 rings (SSSR count). The summed E-state index contributed by atoms with van der Waals surface area (Å²) in [5.74, 6) is 0.186. The molecule has 5 heteroatoms. The van der Waals surface area contributed by atoms with Gasteiger partial charge in [-0.25, -0.2) is 0 Å². The number of nitrogen functional groups attached to an aromatic ring is 1. The van der Waals surface area contributed by atoms with E-state index in [-0.39, 0.29) is 5.91 Å². The number of carbonyl (C=O) groups excluding carboxylic acids is 2. The Morgan fingerprint density at radius 1 is 1.15 bits per heavy atom. The SMILES string of the molecule is Nc1ccc(CCCC(=O)N2CCN(C=O)CC2)cc1. The lowest BCUT2D eigenvalue weighted by molar-refractivity contribution is -0.135. The summed E-state index contributed by atoms with van der Waals surface area (Å²) in [6, 6.07) is 7.77. The lowest BCUT2D eigenvalue weighted by Gasteiger charge is -2.32. The third-order valence-electron chi connectivity index (χ3n) is 3.65. The topological polar surface area (TPSA) is 66.6 Å². The third-order valence-corrected chi connectivity index (χ3v) is 3.65. The van der Waals surface area contributed by atoms with Crippen LogP contribution in [0.3, 0.4) is 0 Å². The van der Waals surface area contributed by atoms with E-state index >= 15 is 0 Å². The molecule has 0 spiro atoms. The van der Waals surface area contributed by atoms with Gasteiger partial charge in [-0.15, -0.1) is 0 Å². The highest BCUT2D eigenvalue weighted by Gasteiger charge is 2.19. The number of nitrogens with zero attached hydrogens (tertiary/aromatic N) is 2. The van der Waals surface area contributed by atoms with Gasteiger partial charge in [-0.05, 0) is 30.5 Å². The number of piperazine rings is 1. The molecule has 2 N–H and O–H groups in total. The van der Waals surface area contributed by atoms with Crippen LogP contribution in [0.4, 0.5) is 5.69 Å². The first-order valence-corrected chi connectivity index (χ1v) is 7.00. The number of nitrogens with two attached hydrogens (primary N) is 1. The third kappa shape index (κ3) is 3.98. The van der Waals surface area contributed by atoms with Crippen molar-refractivity contribution in [2.75, 3.05) is 31.9 Å². The highest BCUT2D eigenvalue weighted by Crippen LogP contribution is 2.10. The molecular weight excluding hydrogens is 254 g/mol. The highest BCUT2D eigenvalue weighted by molar-refractivity contribution is 5.76. The zero-order chi connectivity index (χ0) is 14.4. The van der Waals surface area contributed by atoms with Crippen molar-refractivity contribution >= 4 is 18.0 Å². The van der Waals surface area contributed by atoms with E-state index in [1.807, 2.05) is 29.2 Å². The smallest absolute Gasteiger partial charge is 0.222 e. The minimum atomic E-state index is 0.186. The van der Waals surface area contributed by atoms with E-state index in [1.54, 1.807) is 4.90 Å². The van der Waals surface area contributed by atoms with Gasteiger partial charge in [-0.3, -0.25) is 9.59 Å². The minimum Gasteiger partial charge on any atom is -0.399 e. The summed E-state index contributed by atoms with van der Waals surface area (Å²) >= 11 is 0. The standard InChI is InChI=1S/C15H21N3O2/c16-14-6-4-13(5-7-14)2-1-3-15(20)18-10-8-17(12-19)9-11-18/h4-7,12H,1-3,8-11,16H2. The molecule has 20 heavy (non-hydrogen) atoms. The zero-order valence-electron chi connectivity index (χ0n) is 11.6. The molecule has 0 unspecified atom stereocenters. The predicted molar refractivity (Wildman–Crippen MR) is 78.0 cm³/mol. The van der Waals surface area contributed by atoms with Crippen molar-refractivity contribution in [3.63, 3.8) is 0 Å². The van der Waals surface area contributed by atoms with Gasteiger partial charge in [-0.1, -0.05) is 12.1 Å². The van der Waals surface area contributed by atoms with Gasteiger partial charge in [0.05, 0.1) is 0 Å². The molecule has 0 radical (unpaired) electrons. The molecule has 0 aliphatic carbocycles. The normalized spacial score (nSPS) is 15.2. The van der Waals surface area contributed by atoms with Crippen molar-refractivity contribution < 1.29 is 9.59 Å². The van der Waals surface area contributed by atoms with Crippen LogP contribution in [0, 0.1) is 0 Å². The minimum absolute atomic E-state index is 0.186. The van der Waals surface area contributed by atoms with Crippen LogP contribution in [0.1, 0.15) is 18.4 Å². The Labute approximate surface area is 119 Å². The van der Waals surface area contributed by atoms with Gasteiger partial charge < -0.3 is 15.5 Å². The van der Waals surface area contributed by atoms with Crippen LogP contribution in [-0.4, -0.2) is 48.3 Å². The maximum Gasteiger partial charge on any atom is 0.222 e. The van der Waals surface area contributed by atoms with Crippen molar-refractivity contribution in [3.05, 3.63) is 29.8 Å². The van der Waals surface area contributed by atoms with E-state index in [1.165, 1.54) is 5.56 Å². The second-order valence-corrected chi connectivity index (χ2v) is 5.12. The molecule has 2 amide bonds. The van der Waals surface area contributed by atoms with Gasteiger partial charge >= 0.3 is 0 Å². The van der Waals surface area contributed by atoms with Crippen LogP contribution < -0.4 is 5.73 Å². The van der Waals surface area contributed by atoms with E-state index in [4.69, 9.17) is 5.73 Å². The molecule has 0 atom stereocenters. The molecule has 1 fully saturated rings. The maximum atomic E-state index is 12.0. The zero-order valence-corrected chi connectivity index (χ0v) is 11.6. The average molecular weight is 275 g/mol. The first-order chi connectivity index (χ1) is 9.69. The van der Waals surface area contributed by atoms with Crippen LogP contribution in [0.5, 0.6) is 0 Å². The molecule has 5 nitrogen and oxygen atoms in total. The maximum absolute atomic E-state index is 12.0. The summed E-state index contributed by atoms with van der Waals surface area (Å²) in [6.07, 6.45) is 3.14. The van der Waals surface area contributed by atoms with Crippen molar-refractivity contribution in [1.29, 1.82) is 0 Å².